The number of aromatic nitrogens is 1. The molecule has 0 aliphatic carbocycles. The molecule has 0 aliphatic heterocycles. The molecular formula is C21H23F2N3O2S. The summed E-state index contributed by atoms with van der Waals surface area (Å²) in [7, 11) is 1.56. The Morgan fingerprint density at radius 3 is 2.41 bits per heavy atom. The summed E-state index contributed by atoms with van der Waals surface area (Å²) >= 11 is 1.30. The lowest BCUT2D eigenvalue weighted by Gasteiger charge is -2.25. The predicted molar refractivity (Wildman–Crippen MR) is 112 cm³/mol. The zero-order valence-electron chi connectivity index (χ0n) is 16.6. The van der Waals surface area contributed by atoms with Gasteiger partial charge < -0.3 is 9.64 Å². The minimum Gasteiger partial charge on any atom is -0.497 e. The summed E-state index contributed by atoms with van der Waals surface area (Å²) in [5, 5.41) is 0.396. The van der Waals surface area contributed by atoms with Crippen molar-refractivity contribution in [3.8, 4) is 5.75 Å². The Balaban J connectivity index is 2.01. The first kappa shape index (κ1) is 21.1. The van der Waals surface area contributed by atoms with Crippen LogP contribution in [0.4, 0.5) is 13.9 Å². The van der Waals surface area contributed by atoms with E-state index in [1.54, 1.807) is 13.2 Å². The first-order chi connectivity index (χ1) is 14.0. The number of methoxy groups -OCH3 is 1. The maximum absolute atomic E-state index is 14.3. The van der Waals surface area contributed by atoms with Crippen LogP contribution in [0.1, 0.15) is 24.2 Å². The second-order valence-corrected chi connectivity index (χ2v) is 7.42. The topological polar surface area (TPSA) is 45.7 Å². The first-order valence-electron chi connectivity index (χ1n) is 9.41. The minimum absolute atomic E-state index is 0.269. The van der Waals surface area contributed by atoms with Crippen LogP contribution in [0.2, 0.25) is 0 Å². The molecule has 1 amide bonds. The number of amides is 1. The molecular weight excluding hydrogens is 396 g/mol. The molecule has 2 aromatic carbocycles. The van der Waals surface area contributed by atoms with Crippen molar-refractivity contribution in [2.75, 3.05) is 38.2 Å². The van der Waals surface area contributed by atoms with E-state index in [1.165, 1.54) is 22.3 Å². The number of halogens is 2. The molecule has 0 bridgehead atoms. The van der Waals surface area contributed by atoms with Crippen molar-refractivity contribution in [3.05, 3.63) is 53.6 Å². The zero-order chi connectivity index (χ0) is 21.0. The van der Waals surface area contributed by atoms with Gasteiger partial charge in [-0.2, -0.15) is 0 Å². The predicted octanol–water partition coefficient (Wildman–Crippen LogP) is 4.57. The molecule has 1 aromatic heterocycles. The number of carbonyl (C=O) groups excluding carboxylic acids is 1. The average Bonchev–Trinajstić information content (AvgIpc) is 3.13. The van der Waals surface area contributed by atoms with Crippen molar-refractivity contribution >= 4 is 32.6 Å². The van der Waals surface area contributed by atoms with Gasteiger partial charge in [0, 0.05) is 19.2 Å². The molecule has 5 nitrogen and oxygen atoms in total. The van der Waals surface area contributed by atoms with Gasteiger partial charge in [0.1, 0.15) is 22.9 Å². The number of anilines is 1. The van der Waals surface area contributed by atoms with E-state index in [0.29, 0.717) is 22.9 Å². The third kappa shape index (κ3) is 4.54. The number of carbonyl (C=O) groups is 1. The molecule has 0 fully saturated rings. The minimum atomic E-state index is -0.884. The lowest BCUT2D eigenvalue weighted by atomic mass is 10.1. The molecule has 0 radical (unpaired) electrons. The Morgan fingerprint density at radius 1 is 1.10 bits per heavy atom. The number of fused-ring (bicyclic) bond motifs is 1. The third-order valence-corrected chi connectivity index (χ3v) is 5.83. The van der Waals surface area contributed by atoms with Crippen LogP contribution in [0.15, 0.2) is 36.4 Å². The second-order valence-electron chi connectivity index (χ2n) is 6.41. The highest BCUT2D eigenvalue weighted by atomic mass is 32.1. The lowest BCUT2D eigenvalue weighted by molar-refractivity contribution is 0.0975. The second kappa shape index (κ2) is 9.28. The molecule has 0 saturated carbocycles. The normalized spacial score (nSPS) is 11.2. The molecule has 0 atom stereocenters. The van der Waals surface area contributed by atoms with Gasteiger partial charge in [-0.3, -0.25) is 9.69 Å². The van der Waals surface area contributed by atoms with Crippen molar-refractivity contribution in [2.45, 2.75) is 13.8 Å². The fourth-order valence-electron chi connectivity index (χ4n) is 3.04. The smallest absolute Gasteiger partial charge is 0.266 e. The van der Waals surface area contributed by atoms with E-state index in [2.05, 4.69) is 9.88 Å². The van der Waals surface area contributed by atoms with Crippen LogP contribution < -0.4 is 9.64 Å². The van der Waals surface area contributed by atoms with Gasteiger partial charge in [-0.15, -0.1) is 0 Å². The van der Waals surface area contributed by atoms with Gasteiger partial charge in [0.05, 0.1) is 17.3 Å². The number of rotatable bonds is 8. The first-order valence-corrected chi connectivity index (χ1v) is 10.2. The summed E-state index contributed by atoms with van der Waals surface area (Å²) in [6.45, 7) is 6.50. The SMILES string of the molecule is CCN(CC)CCN(C(=O)c1c(F)cccc1F)c1nc2cc(OC)ccc2s1. The van der Waals surface area contributed by atoms with Crippen LogP contribution >= 0.6 is 11.3 Å². The van der Waals surface area contributed by atoms with E-state index in [0.717, 1.165) is 29.9 Å². The molecule has 0 N–H and O–H groups in total. The Morgan fingerprint density at radius 2 is 1.79 bits per heavy atom. The van der Waals surface area contributed by atoms with E-state index in [-0.39, 0.29) is 6.54 Å². The standard InChI is InChI=1S/C21H23F2N3O2S/c1-4-25(5-2)11-12-26(20(27)19-15(22)7-6-8-16(19)23)21-24-17-13-14(28-3)9-10-18(17)29-21/h6-10,13H,4-5,11-12H2,1-3H3. The number of likely N-dealkylation sites (N-methyl/N-ethyl adjacent to an activating group) is 1. The van der Waals surface area contributed by atoms with E-state index < -0.39 is 23.1 Å². The van der Waals surface area contributed by atoms with Gasteiger partial charge in [0.2, 0.25) is 0 Å². The van der Waals surface area contributed by atoms with Gasteiger partial charge in [-0.05, 0) is 37.4 Å². The van der Waals surface area contributed by atoms with Gasteiger partial charge in [0.25, 0.3) is 5.91 Å². The fraction of sp³-hybridized carbons (Fsp3) is 0.333. The molecule has 29 heavy (non-hydrogen) atoms. The summed E-state index contributed by atoms with van der Waals surface area (Å²) in [5.41, 5.74) is 0.0999. The number of ether oxygens (including phenoxy) is 1. The molecule has 0 saturated heterocycles. The van der Waals surface area contributed by atoms with Crippen molar-refractivity contribution < 1.29 is 18.3 Å². The summed E-state index contributed by atoms with van der Waals surface area (Å²) in [5.74, 6) is -1.86. The largest absolute Gasteiger partial charge is 0.497 e. The fourth-order valence-corrected chi connectivity index (χ4v) is 4.01. The van der Waals surface area contributed by atoms with Crippen molar-refractivity contribution in [2.24, 2.45) is 0 Å². The Bertz CT molecular complexity index is 985. The molecule has 0 aliphatic rings. The Hall–Kier alpha value is -2.58. The van der Waals surface area contributed by atoms with Gasteiger partial charge in [-0.25, -0.2) is 13.8 Å². The highest BCUT2D eigenvalue weighted by molar-refractivity contribution is 7.22. The quantitative estimate of drug-likeness (QED) is 0.537. The summed E-state index contributed by atoms with van der Waals surface area (Å²) in [4.78, 5) is 21.2. The average molecular weight is 419 g/mol. The number of benzene rings is 2. The van der Waals surface area contributed by atoms with E-state index in [1.807, 2.05) is 26.0 Å². The zero-order valence-corrected chi connectivity index (χ0v) is 17.4. The van der Waals surface area contributed by atoms with Crippen molar-refractivity contribution in [1.29, 1.82) is 0 Å². The van der Waals surface area contributed by atoms with Gasteiger partial charge in [-0.1, -0.05) is 31.3 Å². The molecule has 0 unspecified atom stereocenters. The maximum atomic E-state index is 14.3. The van der Waals surface area contributed by atoms with E-state index in [9.17, 15) is 13.6 Å². The number of hydrogen-bond acceptors (Lipinski definition) is 5. The molecule has 3 aromatic rings. The van der Waals surface area contributed by atoms with Crippen molar-refractivity contribution in [3.63, 3.8) is 0 Å². The van der Waals surface area contributed by atoms with Gasteiger partial charge >= 0.3 is 0 Å². The van der Waals surface area contributed by atoms with Crippen LogP contribution in [0.3, 0.4) is 0 Å². The van der Waals surface area contributed by atoms with Crippen LogP contribution in [0.25, 0.3) is 10.2 Å². The molecule has 3 rings (SSSR count). The number of nitrogens with zero attached hydrogens (tertiary/aromatic N) is 3. The lowest BCUT2D eigenvalue weighted by Crippen LogP contribution is -2.39. The summed E-state index contributed by atoms with van der Waals surface area (Å²) in [6.07, 6.45) is 0. The molecule has 154 valence electrons. The van der Waals surface area contributed by atoms with Crippen LogP contribution in [-0.2, 0) is 0 Å². The molecule has 0 spiro atoms. The monoisotopic (exact) mass is 419 g/mol. The highest BCUT2D eigenvalue weighted by Gasteiger charge is 2.27. The Labute approximate surface area is 172 Å². The number of thiazole rings is 1. The van der Waals surface area contributed by atoms with Crippen LogP contribution in [0.5, 0.6) is 5.75 Å². The summed E-state index contributed by atoms with van der Waals surface area (Å²) in [6, 6.07) is 8.84. The molecule has 8 heteroatoms. The van der Waals surface area contributed by atoms with E-state index in [4.69, 9.17) is 4.74 Å². The van der Waals surface area contributed by atoms with Crippen LogP contribution in [0, 0.1) is 11.6 Å². The van der Waals surface area contributed by atoms with E-state index >= 15 is 0 Å². The third-order valence-electron chi connectivity index (χ3n) is 4.77. The highest BCUT2D eigenvalue weighted by Crippen LogP contribution is 2.32. The van der Waals surface area contributed by atoms with Crippen molar-refractivity contribution in [1.82, 2.24) is 9.88 Å². The van der Waals surface area contributed by atoms with Gasteiger partial charge in [0.15, 0.2) is 5.13 Å². The molecule has 1 heterocycles. The number of hydrogen-bond donors (Lipinski definition) is 0. The Kier molecular flexibility index (Phi) is 6.76. The summed E-state index contributed by atoms with van der Waals surface area (Å²) < 4.78 is 34.6. The maximum Gasteiger partial charge on any atom is 0.266 e. The van der Waals surface area contributed by atoms with Crippen LogP contribution in [-0.4, -0.2) is 49.1 Å².